The van der Waals surface area contributed by atoms with Crippen molar-refractivity contribution in [3.8, 4) is 0 Å². The van der Waals surface area contributed by atoms with Crippen LogP contribution in [-0.4, -0.2) is 40.9 Å². The molecule has 1 saturated heterocycles. The van der Waals surface area contributed by atoms with Crippen molar-refractivity contribution in [1.82, 2.24) is 10.4 Å². The first-order chi connectivity index (χ1) is 10.4. The van der Waals surface area contributed by atoms with Crippen LogP contribution in [0.3, 0.4) is 0 Å². The number of anilines is 1. The van der Waals surface area contributed by atoms with E-state index in [1.807, 2.05) is 0 Å². The first-order valence-corrected chi connectivity index (χ1v) is 6.64. The Bertz CT molecular complexity index is 591. The summed E-state index contributed by atoms with van der Waals surface area (Å²) < 4.78 is 0. The van der Waals surface area contributed by atoms with Gasteiger partial charge in [-0.1, -0.05) is 0 Å². The molecule has 1 amide bonds. The Morgan fingerprint density at radius 2 is 1.64 bits per heavy atom. The van der Waals surface area contributed by atoms with Gasteiger partial charge in [0.1, 0.15) is 0 Å². The topological polar surface area (TPSA) is 131 Å². The largest absolute Gasteiger partial charge is 0.377 e. The zero-order valence-corrected chi connectivity index (χ0v) is 11.9. The van der Waals surface area contributed by atoms with E-state index < -0.39 is 27.1 Å². The molecule has 2 rings (SSSR count). The number of hydrogen-bond acceptors (Lipinski definition) is 7. The number of hydrazine groups is 1. The van der Waals surface area contributed by atoms with Crippen LogP contribution in [0.25, 0.3) is 0 Å². The van der Waals surface area contributed by atoms with Crippen LogP contribution < -0.4 is 10.7 Å². The van der Waals surface area contributed by atoms with Crippen LogP contribution in [0.1, 0.15) is 23.2 Å². The number of hydrogen-bond donors (Lipinski definition) is 2. The minimum atomic E-state index is -0.758. The van der Waals surface area contributed by atoms with Crippen LogP contribution >= 0.6 is 0 Å². The SMILES string of the molecule is CNc1c([N+](=O)[O-])cc(C(=O)NN2CCCC2)cc1[N+](=O)[O-]. The van der Waals surface area contributed by atoms with Gasteiger partial charge in [-0.25, -0.2) is 5.01 Å². The van der Waals surface area contributed by atoms with E-state index in [-0.39, 0.29) is 11.3 Å². The molecule has 1 fully saturated rings. The highest BCUT2D eigenvalue weighted by atomic mass is 16.6. The molecule has 22 heavy (non-hydrogen) atoms. The third kappa shape index (κ3) is 3.11. The van der Waals surface area contributed by atoms with Crippen LogP contribution in [0, 0.1) is 20.2 Å². The normalized spacial score (nSPS) is 14.6. The Morgan fingerprint density at radius 3 is 2.05 bits per heavy atom. The summed E-state index contributed by atoms with van der Waals surface area (Å²) in [6.45, 7) is 1.37. The fourth-order valence-electron chi connectivity index (χ4n) is 2.32. The molecule has 0 bridgehead atoms. The van der Waals surface area contributed by atoms with Crippen molar-refractivity contribution in [3.63, 3.8) is 0 Å². The maximum atomic E-state index is 12.1. The molecule has 0 atom stereocenters. The molecule has 118 valence electrons. The van der Waals surface area contributed by atoms with Crippen molar-refractivity contribution >= 4 is 23.0 Å². The van der Waals surface area contributed by atoms with Gasteiger partial charge >= 0.3 is 0 Å². The zero-order valence-electron chi connectivity index (χ0n) is 11.9. The lowest BCUT2D eigenvalue weighted by molar-refractivity contribution is -0.392. The van der Waals surface area contributed by atoms with E-state index in [1.165, 1.54) is 7.05 Å². The summed E-state index contributed by atoms with van der Waals surface area (Å²) in [6.07, 6.45) is 1.89. The average molecular weight is 309 g/mol. The number of amides is 1. The second-order valence-corrected chi connectivity index (χ2v) is 4.79. The maximum absolute atomic E-state index is 12.1. The molecule has 0 spiro atoms. The Morgan fingerprint density at radius 1 is 1.14 bits per heavy atom. The van der Waals surface area contributed by atoms with E-state index in [4.69, 9.17) is 0 Å². The highest BCUT2D eigenvalue weighted by Gasteiger charge is 2.28. The van der Waals surface area contributed by atoms with Crippen LogP contribution in [0.4, 0.5) is 17.1 Å². The first-order valence-electron chi connectivity index (χ1n) is 6.64. The summed E-state index contributed by atoms with van der Waals surface area (Å²) in [6, 6.07) is 2.06. The number of benzene rings is 1. The molecule has 0 radical (unpaired) electrons. The summed E-state index contributed by atoms with van der Waals surface area (Å²) in [7, 11) is 1.35. The molecule has 0 aromatic heterocycles. The quantitative estimate of drug-likeness (QED) is 0.618. The molecule has 0 saturated carbocycles. The lowest BCUT2D eigenvalue weighted by atomic mass is 10.1. The van der Waals surface area contributed by atoms with Crippen LogP contribution in [0.5, 0.6) is 0 Å². The highest BCUT2D eigenvalue weighted by Crippen LogP contribution is 2.35. The molecule has 1 aromatic carbocycles. The molecule has 1 heterocycles. The van der Waals surface area contributed by atoms with Gasteiger partial charge in [0.05, 0.1) is 15.4 Å². The summed E-state index contributed by atoms with van der Waals surface area (Å²) in [5.74, 6) is -0.601. The maximum Gasteiger partial charge on any atom is 0.300 e. The number of carbonyl (C=O) groups excluding carboxylic acids is 1. The number of nitro groups is 2. The number of carbonyl (C=O) groups is 1. The Labute approximate surface area is 125 Å². The standard InChI is InChI=1S/C12H15N5O5/c1-13-11-9(16(19)20)6-8(7-10(11)17(21)22)12(18)14-15-4-2-3-5-15/h6-7,13H,2-5H2,1H3,(H,14,18). The van der Waals surface area contributed by atoms with Gasteiger partial charge < -0.3 is 5.32 Å². The van der Waals surface area contributed by atoms with Crippen LogP contribution in [0.2, 0.25) is 0 Å². The van der Waals surface area contributed by atoms with E-state index >= 15 is 0 Å². The van der Waals surface area contributed by atoms with Crippen molar-refractivity contribution in [2.75, 3.05) is 25.5 Å². The molecule has 10 heteroatoms. The van der Waals surface area contributed by atoms with Gasteiger partial charge in [0, 0.05) is 32.3 Å². The van der Waals surface area contributed by atoms with Gasteiger partial charge in [0.15, 0.2) is 5.69 Å². The van der Waals surface area contributed by atoms with Gasteiger partial charge in [0.25, 0.3) is 17.3 Å². The van der Waals surface area contributed by atoms with E-state index in [0.29, 0.717) is 13.1 Å². The average Bonchev–Trinajstić information content (AvgIpc) is 2.98. The van der Waals surface area contributed by atoms with Crippen LogP contribution in [0.15, 0.2) is 12.1 Å². The first kappa shape index (κ1) is 15.6. The second kappa shape index (κ2) is 6.35. The van der Waals surface area contributed by atoms with Gasteiger partial charge in [-0.3, -0.25) is 30.4 Å². The van der Waals surface area contributed by atoms with Gasteiger partial charge in [-0.05, 0) is 12.8 Å². The Hall–Kier alpha value is -2.75. The Kier molecular flexibility index (Phi) is 4.51. The molecule has 1 aromatic rings. The molecule has 0 aliphatic carbocycles. The second-order valence-electron chi connectivity index (χ2n) is 4.79. The van der Waals surface area contributed by atoms with Crippen molar-refractivity contribution in [3.05, 3.63) is 37.9 Å². The number of rotatable bonds is 5. The molecule has 1 aliphatic heterocycles. The third-order valence-electron chi connectivity index (χ3n) is 3.37. The van der Waals surface area contributed by atoms with Gasteiger partial charge in [0.2, 0.25) is 0 Å². The fraction of sp³-hybridized carbons (Fsp3) is 0.417. The third-order valence-corrected chi connectivity index (χ3v) is 3.37. The molecular formula is C12H15N5O5. The van der Waals surface area contributed by atoms with Crippen molar-refractivity contribution in [2.45, 2.75) is 12.8 Å². The monoisotopic (exact) mass is 309 g/mol. The smallest absolute Gasteiger partial charge is 0.300 e. The highest BCUT2D eigenvalue weighted by molar-refractivity contribution is 5.97. The fourth-order valence-corrected chi connectivity index (χ4v) is 2.32. The van der Waals surface area contributed by atoms with Crippen LogP contribution in [-0.2, 0) is 0 Å². The number of nitro benzene ring substituents is 2. The Balaban J connectivity index is 2.40. The zero-order chi connectivity index (χ0) is 16.3. The van der Waals surface area contributed by atoms with Gasteiger partial charge in [-0.15, -0.1) is 0 Å². The minimum absolute atomic E-state index is 0.121. The summed E-state index contributed by atoms with van der Waals surface area (Å²) in [5.41, 5.74) is 1.22. The molecular weight excluding hydrogens is 294 g/mol. The van der Waals surface area contributed by atoms with Gasteiger partial charge in [-0.2, -0.15) is 0 Å². The van der Waals surface area contributed by atoms with E-state index in [1.54, 1.807) is 5.01 Å². The van der Waals surface area contributed by atoms with E-state index in [0.717, 1.165) is 25.0 Å². The number of nitrogens with one attached hydrogen (secondary N) is 2. The van der Waals surface area contributed by atoms with Crippen molar-refractivity contribution in [2.24, 2.45) is 0 Å². The predicted molar refractivity (Wildman–Crippen MR) is 77.6 cm³/mol. The minimum Gasteiger partial charge on any atom is -0.377 e. The van der Waals surface area contributed by atoms with Crippen molar-refractivity contribution in [1.29, 1.82) is 0 Å². The molecule has 0 unspecified atom stereocenters. The molecule has 10 nitrogen and oxygen atoms in total. The molecule has 2 N–H and O–H groups in total. The van der Waals surface area contributed by atoms with E-state index in [9.17, 15) is 25.0 Å². The lowest BCUT2D eigenvalue weighted by Gasteiger charge is -2.16. The summed E-state index contributed by atoms with van der Waals surface area (Å²) in [4.78, 5) is 32.8. The summed E-state index contributed by atoms with van der Waals surface area (Å²) in [5, 5.41) is 26.3. The predicted octanol–water partition coefficient (Wildman–Crippen LogP) is 1.29. The lowest BCUT2D eigenvalue weighted by Crippen LogP contribution is -2.40. The van der Waals surface area contributed by atoms with Crippen molar-refractivity contribution < 1.29 is 14.6 Å². The van der Waals surface area contributed by atoms with E-state index in [2.05, 4.69) is 10.7 Å². The molecule has 1 aliphatic rings. The summed E-state index contributed by atoms with van der Waals surface area (Å²) >= 11 is 0. The number of nitrogens with zero attached hydrogens (tertiary/aromatic N) is 3.